The van der Waals surface area contributed by atoms with E-state index < -0.39 is 0 Å². The van der Waals surface area contributed by atoms with Crippen LogP contribution in [-0.2, 0) is 9.53 Å². The summed E-state index contributed by atoms with van der Waals surface area (Å²) in [5.74, 6) is 0.565. The number of aromatic nitrogens is 3. The Morgan fingerprint density at radius 1 is 1.23 bits per heavy atom. The zero-order chi connectivity index (χ0) is 15.4. The third-order valence-electron chi connectivity index (χ3n) is 3.27. The number of carbonyl (C=O) groups is 1. The van der Waals surface area contributed by atoms with E-state index in [-0.39, 0.29) is 11.7 Å². The highest BCUT2D eigenvalue weighted by Crippen LogP contribution is 2.26. The number of nitrogens with two attached hydrogens (primary N) is 1. The van der Waals surface area contributed by atoms with Crippen LogP contribution in [0.2, 0.25) is 0 Å². The van der Waals surface area contributed by atoms with E-state index in [1.54, 1.807) is 0 Å². The van der Waals surface area contributed by atoms with Gasteiger partial charge in [0.1, 0.15) is 0 Å². The molecule has 0 bridgehead atoms. The number of hydrogen-bond donors (Lipinski definition) is 1. The molecule has 0 atom stereocenters. The molecule has 0 saturated carbocycles. The Kier molecular flexibility index (Phi) is 4.59. The van der Waals surface area contributed by atoms with Crippen LogP contribution in [-0.4, -0.2) is 52.7 Å². The van der Waals surface area contributed by atoms with Crippen LogP contribution < -0.4 is 10.6 Å². The number of morpholine rings is 1. The Morgan fingerprint density at radius 3 is 2.64 bits per heavy atom. The lowest BCUT2D eigenvalue weighted by Crippen LogP contribution is -2.37. The Morgan fingerprint density at radius 2 is 1.95 bits per heavy atom. The molecule has 3 rings (SSSR count). The van der Waals surface area contributed by atoms with Gasteiger partial charge in [-0.2, -0.15) is 0 Å². The third kappa shape index (κ3) is 3.23. The molecule has 7 nitrogen and oxygen atoms in total. The summed E-state index contributed by atoms with van der Waals surface area (Å²) in [6.07, 6.45) is 0. The largest absolute Gasteiger partial charge is 0.378 e. The lowest BCUT2D eigenvalue weighted by atomic mass is 10.3. The van der Waals surface area contributed by atoms with Crippen molar-refractivity contribution in [3.63, 3.8) is 0 Å². The highest BCUT2D eigenvalue weighted by atomic mass is 32.2. The maximum atomic E-state index is 11.0. The van der Waals surface area contributed by atoms with Crippen molar-refractivity contribution < 1.29 is 9.53 Å². The van der Waals surface area contributed by atoms with E-state index in [2.05, 4.69) is 15.1 Å². The van der Waals surface area contributed by atoms with Gasteiger partial charge in [-0.3, -0.25) is 9.36 Å². The first-order valence-electron chi connectivity index (χ1n) is 7.00. The summed E-state index contributed by atoms with van der Waals surface area (Å²) in [6, 6.07) is 9.85. The molecule has 2 N–H and O–H groups in total. The van der Waals surface area contributed by atoms with Crippen LogP contribution in [0.4, 0.5) is 5.95 Å². The molecular formula is C14H17N5O2S. The number of rotatable bonds is 5. The number of hydrogen-bond acceptors (Lipinski definition) is 6. The van der Waals surface area contributed by atoms with Gasteiger partial charge in [-0.25, -0.2) is 0 Å². The van der Waals surface area contributed by atoms with Crippen molar-refractivity contribution in [2.45, 2.75) is 5.16 Å². The SMILES string of the molecule is NC(=O)CSc1nnc(N2CCOCC2)n1-c1ccccc1. The Hall–Kier alpha value is -2.06. The van der Waals surface area contributed by atoms with Crippen LogP contribution in [0.25, 0.3) is 5.69 Å². The molecule has 0 aliphatic carbocycles. The van der Waals surface area contributed by atoms with Gasteiger partial charge in [0.25, 0.3) is 0 Å². The lowest BCUT2D eigenvalue weighted by Gasteiger charge is -2.27. The van der Waals surface area contributed by atoms with Gasteiger partial charge in [-0.1, -0.05) is 30.0 Å². The minimum atomic E-state index is -0.375. The monoisotopic (exact) mass is 319 g/mol. The van der Waals surface area contributed by atoms with Crippen LogP contribution in [0.1, 0.15) is 0 Å². The fourth-order valence-electron chi connectivity index (χ4n) is 2.26. The smallest absolute Gasteiger partial charge is 0.232 e. The second-order valence-corrected chi connectivity index (χ2v) is 5.75. The van der Waals surface area contributed by atoms with Crippen molar-refractivity contribution in [2.24, 2.45) is 5.73 Å². The van der Waals surface area contributed by atoms with E-state index >= 15 is 0 Å². The van der Waals surface area contributed by atoms with Crippen molar-refractivity contribution >= 4 is 23.6 Å². The van der Waals surface area contributed by atoms with E-state index in [1.165, 1.54) is 11.8 Å². The molecule has 1 saturated heterocycles. The Labute approximate surface area is 132 Å². The highest BCUT2D eigenvalue weighted by molar-refractivity contribution is 7.99. The van der Waals surface area contributed by atoms with Gasteiger partial charge in [0.05, 0.1) is 24.7 Å². The predicted octanol–water partition coefficient (Wildman–Crippen LogP) is 0.681. The van der Waals surface area contributed by atoms with Crippen LogP contribution in [0.3, 0.4) is 0 Å². The summed E-state index contributed by atoms with van der Waals surface area (Å²) in [7, 11) is 0. The van der Waals surface area contributed by atoms with E-state index in [4.69, 9.17) is 10.5 Å². The van der Waals surface area contributed by atoms with Crippen molar-refractivity contribution in [3.05, 3.63) is 30.3 Å². The second-order valence-electron chi connectivity index (χ2n) is 4.81. The molecule has 0 spiro atoms. The first kappa shape index (κ1) is 14.9. The van der Waals surface area contributed by atoms with E-state index in [9.17, 15) is 4.79 Å². The molecule has 22 heavy (non-hydrogen) atoms. The van der Waals surface area contributed by atoms with Gasteiger partial charge >= 0.3 is 0 Å². The summed E-state index contributed by atoms with van der Waals surface area (Å²) >= 11 is 1.29. The van der Waals surface area contributed by atoms with Crippen LogP contribution >= 0.6 is 11.8 Å². The average molecular weight is 319 g/mol. The van der Waals surface area contributed by atoms with Crippen molar-refractivity contribution in [2.75, 3.05) is 37.0 Å². The van der Waals surface area contributed by atoms with Gasteiger partial charge < -0.3 is 15.4 Å². The summed E-state index contributed by atoms with van der Waals surface area (Å²) in [5.41, 5.74) is 6.19. The van der Waals surface area contributed by atoms with Gasteiger partial charge in [0.2, 0.25) is 11.9 Å². The molecule has 1 fully saturated rings. The molecule has 1 aromatic heterocycles. The molecule has 0 radical (unpaired) electrons. The van der Waals surface area contributed by atoms with Crippen molar-refractivity contribution in [3.8, 4) is 5.69 Å². The second kappa shape index (κ2) is 6.80. The molecule has 2 heterocycles. The molecule has 1 aliphatic heterocycles. The number of anilines is 1. The Balaban J connectivity index is 1.97. The fourth-order valence-corrected chi connectivity index (χ4v) is 2.95. The molecule has 1 aromatic carbocycles. The number of nitrogens with zero attached hydrogens (tertiary/aromatic N) is 4. The Bertz CT molecular complexity index is 640. The maximum Gasteiger partial charge on any atom is 0.232 e. The quantitative estimate of drug-likeness (QED) is 0.816. The van der Waals surface area contributed by atoms with Crippen LogP contribution in [0, 0.1) is 0 Å². The minimum absolute atomic E-state index is 0.175. The standard InChI is InChI=1S/C14H17N5O2S/c15-12(20)10-22-14-17-16-13(18-6-8-21-9-7-18)19(14)11-4-2-1-3-5-11/h1-5H,6-10H2,(H2,15,20). The first-order chi connectivity index (χ1) is 10.8. The van der Waals surface area contributed by atoms with Gasteiger partial charge in [-0.15, -0.1) is 10.2 Å². The summed E-state index contributed by atoms with van der Waals surface area (Å²) < 4.78 is 7.34. The number of ether oxygens (including phenoxy) is 1. The molecule has 2 aromatic rings. The number of carbonyl (C=O) groups excluding carboxylic acids is 1. The molecule has 0 unspecified atom stereocenters. The van der Waals surface area contributed by atoms with Crippen molar-refractivity contribution in [1.29, 1.82) is 0 Å². The first-order valence-corrected chi connectivity index (χ1v) is 7.99. The zero-order valence-corrected chi connectivity index (χ0v) is 12.8. The summed E-state index contributed by atoms with van der Waals surface area (Å²) in [6.45, 7) is 2.88. The number of thioether (sulfide) groups is 1. The highest BCUT2D eigenvalue weighted by Gasteiger charge is 2.21. The zero-order valence-electron chi connectivity index (χ0n) is 12.0. The number of para-hydroxylation sites is 1. The molecule has 8 heteroatoms. The fraction of sp³-hybridized carbons (Fsp3) is 0.357. The van der Waals surface area contributed by atoms with E-state index in [0.29, 0.717) is 18.4 Å². The van der Waals surface area contributed by atoms with E-state index in [1.807, 2.05) is 34.9 Å². The topological polar surface area (TPSA) is 86.3 Å². The van der Waals surface area contributed by atoms with Gasteiger partial charge in [-0.05, 0) is 12.1 Å². The number of amides is 1. The van der Waals surface area contributed by atoms with Crippen molar-refractivity contribution in [1.82, 2.24) is 14.8 Å². The molecule has 116 valence electrons. The normalized spacial score (nSPS) is 15.0. The number of primary amides is 1. The van der Waals surface area contributed by atoms with Crippen LogP contribution in [0.15, 0.2) is 35.5 Å². The minimum Gasteiger partial charge on any atom is -0.378 e. The van der Waals surface area contributed by atoms with Gasteiger partial charge in [0, 0.05) is 13.1 Å². The molecule has 1 amide bonds. The van der Waals surface area contributed by atoms with Crippen LogP contribution in [0.5, 0.6) is 0 Å². The predicted molar refractivity (Wildman–Crippen MR) is 84.3 cm³/mol. The van der Waals surface area contributed by atoms with Gasteiger partial charge in [0.15, 0.2) is 5.16 Å². The number of benzene rings is 1. The molecular weight excluding hydrogens is 302 g/mol. The lowest BCUT2D eigenvalue weighted by molar-refractivity contribution is -0.115. The third-order valence-corrected chi connectivity index (χ3v) is 4.22. The summed E-state index contributed by atoms with van der Waals surface area (Å²) in [4.78, 5) is 13.2. The maximum absolute atomic E-state index is 11.0. The molecule has 1 aliphatic rings. The average Bonchev–Trinajstić information content (AvgIpc) is 2.98. The summed E-state index contributed by atoms with van der Waals surface area (Å²) in [5, 5.41) is 9.19. The van der Waals surface area contributed by atoms with E-state index in [0.717, 1.165) is 24.7 Å².